The molecule has 0 bridgehead atoms. The lowest BCUT2D eigenvalue weighted by molar-refractivity contribution is 0.0715. The van der Waals surface area contributed by atoms with Gasteiger partial charge in [0.25, 0.3) is 0 Å². The number of rotatable bonds is 4. The predicted molar refractivity (Wildman–Crippen MR) is 56.2 cm³/mol. The second kappa shape index (κ2) is 7.18. The van der Waals surface area contributed by atoms with Crippen molar-refractivity contribution >= 4 is 6.16 Å². The lowest BCUT2D eigenvalue weighted by Gasteiger charge is -2.02. The van der Waals surface area contributed by atoms with Crippen LogP contribution in [-0.2, 0) is 9.47 Å². The van der Waals surface area contributed by atoms with E-state index in [-0.39, 0.29) is 13.2 Å². The fourth-order valence-electron chi connectivity index (χ4n) is 0.594. The van der Waals surface area contributed by atoms with Gasteiger partial charge in [-0.3, -0.25) is 0 Å². The van der Waals surface area contributed by atoms with Crippen molar-refractivity contribution in [1.29, 1.82) is 0 Å². The van der Waals surface area contributed by atoms with E-state index in [1.807, 2.05) is 39.8 Å². The number of hydrogen-bond donors (Lipinski definition) is 0. The Kier molecular flexibility index (Phi) is 6.54. The van der Waals surface area contributed by atoms with Gasteiger partial charge < -0.3 is 9.47 Å². The summed E-state index contributed by atoms with van der Waals surface area (Å²) in [7, 11) is 0. The molecule has 0 aliphatic carbocycles. The van der Waals surface area contributed by atoms with Crippen molar-refractivity contribution in [2.45, 2.75) is 27.7 Å². The number of ether oxygens (including phenoxy) is 2. The van der Waals surface area contributed by atoms with Crippen LogP contribution in [-0.4, -0.2) is 19.4 Å². The number of carbonyl (C=O) groups excluding carboxylic acids is 1. The summed E-state index contributed by atoms with van der Waals surface area (Å²) in [5.41, 5.74) is 2.23. The Balaban J connectivity index is 3.57. The zero-order chi connectivity index (χ0) is 11.0. The van der Waals surface area contributed by atoms with Crippen molar-refractivity contribution in [3.8, 4) is 0 Å². The molecule has 0 aromatic heterocycles. The van der Waals surface area contributed by atoms with Gasteiger partial charge in [-0.25, -0.2) is 4.79 Å². The first kappa shape index (κ1) is 12.8. The van der Waals surface area contributed by atoms with Gasteiger partial charge in [0, 0.05) is 0 Å². The highest BCUT2D eigenvalue weighted by Crippen LogP contribution is 1.93. The summed E-state index contributed by atoms with van der Waals surface area (Å²) >= 11 is 0. The molecule has 0 aromatic rings. The van der Waals surface area contributed by atoms with Crippen LogP contribution in [0.2, 0.25) is 0 Å². The molecular weight excluding hydrogens is 180 g/mol. The largest absolute Gasteiger partial charge is 0.508 e. The average Bonchev–Trinajstić information content (AvgIpc) is 2.02. The van der Waals surface area contributed by atoms with Crippen molar-refractivity contribution in [3.63, 3.8) is 0 Å². The van der Waals surface area contributed by atoms with E-state index in [0.717, 1.165) is 11.1 Å². The Bertz CT molecular complexity index is 207. The molecule has 3 nitrogen and oxygen atoms in total. The summed E-state index contributed by atoms with van der Waals surface area (Å²) in [6.45, 7) is 8.32. The first-order chi connectivity index (χ1) is 6.52. The van der Waals surface area contributed by atoms with Crippen LogP contribution in [0.25, 0.3) is 0 Å². The molecule has 0 saturated heterocycles. The van der Waals surface area contributed by atoms with Crippen LogP contribution < -0.4 is 0 Å². The number of allylic oxidation sites excluding steroid dienone is 2. The van der Waals surface area contributed by atoms with Gasteiger partial charge in [0.1, 0.15) is 13.2 Å². The molecule has 14 heavy (non-hydrogen) atoms. The summed E-state index contributed by atoms with van der Waals surface area (Å²) < 4.78 is 9.54. The van der Waals surface area contributed by atoms with Gasteiger partial charge in [0.15, 0.2) is 0 Å². The SMILES string of the molecule is CC(C)=CCOC(=O)OCC=C(C)C. The van der Waals surface area contributed by atoms with Gasteiger partial charge in [-0.2, -0.15) is 0 Å². The highest BCUT2D eigenvalue weighted by molar-refractivity contribution is 5.60. The van der Waals surface area contributed by atoms with E-state index >= 15 is 0 Å². The van der Waals surface area contributed by atoms with Gasteiger partial charge >= 0.3 is 6.16 Å². The third-order valence-corrected chi connectivity index (χ3v) is 1.39. The van der Waals surface area contributed by atoms with Crippen LogP contribution in [0.4, 0.5) is 4.79 Å². The third kappa shape index (κ3) is 8.84. The second-order valence-electron chi connectivity index (χ2n) is 3.43. The Morgan fingerprint density at radius 1 is 0.929 bits per heavy atom. The minimum atomic E-state index is -0.625. The Morgan fingerprint density at radius 3 is 1.57 bits per heavy atom. The molecule has 0 aliphatic heterocycles. The van der Waals surface area contributed by atoms with Gasteiger partial charge in [0.05, 0.1) is 0 Å². The van der Waals surface area contributed by atoms with Crippen molar-refractivity contribution in [2.75, 3.05) is 13.2 Å². The Hall–Kier alpha value is -1.25. The predicted octanol–water partition coefficient (Wildman–Crippen LogP) is 3.07. The van der Waals surface area contributed by atoms with Crippen molar-refractivity contribution in [2.24, 2.45) is 0 Å². The van der Waals surface area contributed by atoms with Gasteiger partial charge in [-0.15, -0.1) is 0 Å². The molecule has 0 unspecified atom stereocenters. The van der Waals surface area contributed by atoms with E-state index in [1.165, 1.54) is 0 Å². The highest BCUT2D eigenvalue weighted by atomic mass is 16.7. The van der Waals surface area contributed by atoms with Gasteiger partial charge in [-0.05, 0) is 39.8 Å². The lowest BCUT2D eigenvalue weighted by atomic mass is 10.3. The van der Waals surface area contributed by atoms with Crippen LogP contribution in [0.15, 0.2) is 23.3 Å². The van der Waals surface area contributed by atoms with Crippen LogP contribution in [0, 0.1) is 0 Å². The minimum absolute atomic E-state index is 0.274. The van der Waals surface area contributed by atoms with E-state index in [1.54, 1.807) is 0 Å². The van der Waals surface area contributed by atoms with E-state index in [9.17, 15) is 4.79 Å². The third-order valence-electron chi connectivity index (χ3n) is 1.39. The average molecular weight is 198 g/mol. The number of hydrogen-bond acceptors (Lipinski definition) is 3. The normalized spacial score (nSPS) is 8.86. The molecule has 0 spiro atoms. The number of carbonyl (C=O) groups is 1. The summed E-state index contributed by atoms with van der Waals surface area (Å²) in [4.78, 5) is 10.9. The molecule has 0 saturated carbocycles. The van der Waals surface area contributed by atoms with E-state index < -0.39 is 6.16 Å². The molecule has 0 rings (SSSR count). The van der Waals surface area contributed by atoms with E-state index in [2.05, 4.69) is 0 Å². The molecule has 3 heteroatoms. The maximum absolute atomic E-state index is 10.9. The fraction of sp³-hybridized carbons (Fsp3) is 0.545. The second-order valence-corrected chi connectivity index (χ2v) is 3.43. The maximum atomic E-state index is 10.9. The Labute approximate surface area is 85.4 Å². The smallest absolute Gasteiger partial charge is 0.430 e. The molecular formula is C11H18O3. The summed E-state index contributed by atoms with van der Waals surface area (Å²) in [6, 6.07) is 0. The standard InChI is InChI=1S/C11H18O3/c1-9(2)5-7-13-11(12)14-8-6-10(3)4/h5-6H,7-8H2,1-4H3. The summed E-state index contributed by atoms with van der Waals surface area (Å²) in [5.74, 6) is 0. The zero-order valence-corrected chi connectivity index (χ0v) is 9.29. The fourth-order valence-corrected chi connectivity index (χ4v) is 0.594. The van der Waals surface area contributed by atoms with Gasteiger partial charge in [0.2, 0.25) is 0 Å². The molecule has 0 heterocycles. The first-order valence-corrected chi connectivity index (χ1v) is 4.58. The van der Waals surface area contributed by atoms with E-state index in [0.29, 0.717) is 0 Å². The quantitative estimate of drug-likeness (QED) is 0.514. The molecule has 0 aliphatic rings. The highest BCUT2D eigenvalue weighted by Gasteiger charge is 1.99. The van der Waals surface area contributed by atoms with Gasteiger partial charge in [-0.1, -0.05) is 11.1 Å². The molecule has 0 aromatic carbocycles. The maximum Gasteiger partial charge on any atom is 0.508 e. The first-order valence-electron chi connectivity index (χ1n) is 4.58. The zero-order valence-electron chi connectivity index (χ0n) is 9.29. The van der Waals surface area contributed by atoms with Crippen LogP contribution in [0.3, 0.4) is 0 Å². The summed E-state index contributed by atoms with van der Waals surface area (Å²) in [5, 5.41) is 0. The lowest BCUT2D eigenvalue weighted by Crippen LogP contribution is -2.07. The molecule has 80 valence electrons. The van der Waals surface area contributed by atoms with Crippen molar-refractivity contribution < 1.29 is 14.3 Å². The minimum Gasteiger partial charge on any atom is -0.430 e. The molecule has 0 amide bonds. The van der Waals surface area contributed by atoms with Crippen LogP contribution >= 0.6 is 0 Å². The van der Waals surface area contributed by atoms with Crippen LogP contribution in [0.1, 0.15) is 27.7 Å². The Morgan fingerprint density at radius 2 is 1.29 bits per heavy atom. The topological polar surface area (TPSA) is 35.5 Å². The van der Waals surface area contributed by atoms with Crippen molar-refractivity contribution in [1.82, 2.24) is 0 Å². The van der Waals surface area contributed by atoms with E-state index in [4.69, 9.17) is 9.47 Å². The monoisotopic (exact) mass is 198 g/mol. The molecule has 0 fully saturated rings. The molecule has 0 atom stereocenters. The molecule has 0 radical (unpaired) electrons. The molecule has 0 N–H and O–H groups in total. The van der Waals surface area contributed by atoms with Crippen LogP contribution in [0.5, 0.6) is 0 Å². The summed E-state index contributed by atoms with van der Waals surface area (Å²) in [6.07, 6.45) is 3.02. The van der Waals surface area contributed by atoms with Crippen molar-refractivity contribution in [3.05, 3.63) is 23.3 Å².